The van der Waals surface area contributed by atoms with Crippen LogP contribution in [0, 0.1) is 3.70 Å². The van der Waals surface area contributed by atoms with E-state index in [4.69, 9.17) is 0 Å². The summed E-state index contributed by atoms with van der Waals surface area (Å²) in [7, 11) is 1.96. The highest BCUT2D eigenvalue weighted by Gasteiger charge is 2.06. The minimum absolute atomic E-state index is 0.631. The van der Waals surface area contributed by atoms with Gasteiger partial charge in [-0.3, -0.25) is 4.68 Å². The molecule has 1 heterocycles. The van der Waals surface area contributed by atoms with Gasteiger partial charge in [-0.2, -0.15) is 5.10 Å². The number of nitrogens with one attached hydrogen (secondary N) is 1. The Balaban J connectivity index is 2.48. The van der Waals surface area contributed by atoms with E-state index >= 15 is 0 Å². The first-order valence-corrected chi connectivity index (χ1v) is 6.16. The van der Waals surface area contributed by atoms with Gasteiger partial charge in [-0.15, -0.1) is 0 Å². The summed E-state index contributed by atoms with van der Waals surface area (Å²) in [6.07, 6.45) is 4.46. The fraction of sp³-hybridized carbons (Fsp3) is 0.700. The van der Waals surface area contributed by atoms with Gasteiger partial charge in [0.1, 0.15) is 3.70 Å². The molecule has 0 saturated carbocycles. The van der Waals surface area contributed by atoms with E-state index in [1.165, 1.54) is 18.4 Å². The standard InChI is InChI=1S/C10H18IN3/c1-4-9(5-2)12-6-8-7-14(3)13-10(8)11/h7,9,12H,4-6H2,1-3H3. The molecule has 0 radical (unpaired) electrons. The largest absolute Gasteiger partial charge is 0.310 e. The second-order valence-electron chi connectivity index (χ2n) is 3.51. The number of aryl methyl sites for hydroxylation is 1. The van der Waals surface area contributed by atoms with Gasteiger partial charge in [0.15, 0.2) is 0 Å². The molecule has 0 aliphatic rings. The SMILES string of the molecule is CCC(CC)NCc1cn(C)nc1I. The smallest absolute Gasteiger partial charge is 0.127 e. The Hall–Kier alpha value is -0.100. The Morgan fingerprint density at radius 3 is 2.57 bits per heavy atom. The maximum absolute atomic E-state index is 4.30. The van der Waals surface area contributed by atoms with Crippen molar-refractivity contribution < 1.29 is 0 Å². The van der Waals surface area contributed by atoms with E-state index in [2.05, 4.69) is 53.1 Å². The van der Waals surface area contributed by atoms with E-state index in [0.29, 0.717) is 6.04 Å². The molecule has 80 valence electrons. The summed E-state index contributed by atoms with van der Waals surface area (Å²) in [4.78, 5) is 0. The van der Waals surface area contributed by atoms with Crippen molar-refractivity contribution in [1.29, 1.82) is 0 Å². The van der Waals surface area contributed by atoms with Crippen molar-refractivity contribution in [3.63, 3.8) is 0 Å². The first-order valence-electron chi connectivity index (χ1n) is 5.08. The zero-order valence-electron chi connectivity index (χ0n) is 9.05. The third-order valence-corrected chi connectivity index (χ3v) is 3.33. The molecule has 0 aromatic carbocycles. The number of nitrogens with zero attached hydrogens (tertiary/aromatic N) is 2. The van der Waals surface area contributed by atoms with E-state index in [-0.39, 0.29) is 0 Å². The monoisotopic (exact) mass is 307 g/mol. The van der Waals surface area contributed by atoms with Crippen LogP contribution >= 0.6 is 22.6 Å². The van der Waals surface area contributed by atoms with Crippen LogP contribution in [0.25, 0.3) is 0 Å². The lowest BCUT2D eigenvalue weighted by Crippen LogP contribution is -2.27. The minimum atomic E-state index is 0.631. The number of halogens is 1. The van der Waals surface area contributed by atoms with Crippen molar-refractivity contribution in [3.8, 4) is 0 Å². The molecule has 14 heavy (non-hydrogen) atoms. The Morgan fingerprint density at radius 1 is 1.50 bits per heavy atom. The van der Waals surface area contributed by atoms with Gasteiger partial charge in [-0.1, -0.05) is 13.8 Å². The fourth-order valence-corrected chi connectivity index (χ4v) is 2.13. The minimum Gasteiger partial charge on any atom is -0.310 e. The molecule has 1 aromatic rings. The number of hydrogen-bond acceptors (Lipinski definition) is 2. The number of aromatic nitrogens is 2. The molecule has 0 spiro atoms. The maximum atomic E-state index is 4.30. The van der Waals surface area contributed by atoms with Crippen LogP contribution < -0.4 is 5.32 Å². The van der Waals surface area contributed by atoms with Crippen molar-refractivity contribution in [2.24, 2.45) is 7.05 Å². The summed E-state index contributed by atoms with van der Waals surface area (Å²) in [5.41, 5.74) is 1.29. The Morgan fingerprint density at radius 2 is 2.14 bits per heavy atom. The van der Waals surface area contributed by atoms with Gasteiger partial charge in [0.25, 0.3) is 0 Å². The van der Waals surface area contributed by atoms with Gasteiger partial charge < -0.3 is 5.32 Å². The Kier molecular flexibility index (Phi) is 4.88. The molecule has 3 nitrogen and oxygen atoms in total. The van der Waals surface area contributed by atoms with Crippen LogP contribution in [0.2, 0.25) is 0 Å². The van der Waals surface area contributed by atoms with Gasteiger partial charge >= 0.3 is 0 Å². The van der Waals surface area contributed by atoms with E-state index in [0.717, 1.165) is 10.2 Å². The predicted molar refractivity (Wildman–Crippen MR) is 67.1 cm³/mol. The molecular weight excluding hydrogens is 289 g/mol. The van der Waals surface area contributed by atoms with Crippen LogP contribution in [-0.4, -0.2) is 15.8 Å². The second kappa shape index (κ2) is 5.70. The molecule has 0 aliphatic carbocycles. The molecule has 0 atom stereocenters. The van der Waals surface area contributed by atoms with Gasteiger partial charge in [0.2, 0.25) is 0 Å². The predicted octanol–water partition coefficient (Wildman–Crippen LogP) is 2.30. The highest BCUT2D eigenvalue weighted by molar-refractivity contribution is 14.1. The molecular formula is C10H18IN3. The van der Waals surface area contributed by atoms with Crippen LogP contribution in [0.15, 0.2) is 6.20 Å². The van der Waals surface area contributed by atoms with Crippen LogP contribution in [0.1, 0.15) is 32.3 Å². The van der Waals surface area contributed by atoms with Crippen molar-refractivity contribution in [2.75, 3.05) is 0 Å². The summed E-state index contributed by atoms with van der Waals surface area (Å²) in [5.74, 6) is 0. The van der Waals surface area contributed by atoms with Crippen LogP contribution in [0.4, 0.5) is 0 Å². The molecule has 0 bridgehead atoms. The first-order chi connectivity index (χ1) is 6.67. The molecule has 0 saturated heterocycles. The lowest BCUT2D eigenvalue weighted by Gasteiger charge is -2.13. The van der Waals surface area contributed by atoms with E-state index < -0.39 is 0 Å². The highest BCUT2D eigenvalue weighted by atomic mass is 127. The average molecular weight is 307 g/mol. The zero-order chi connectivity index (χ0) is 10.6. The first kappa shape index (κ1) is 12.0. The Labute approximate surface area is 99.4 Å². The third kappa shape index (κ3) is 3.24. The van der Waals surface area contributed by atoms with E-state index in [1.54, 1.807) is 0 Å². The van der Waals surface area contributed by atoms with Gasteiger partial charge in [-0.25, -0.2) is 0 Å². The molecule has 1 N–H and O–H groups in total. The quantitative estimate of drug-likeness (QED) is 0.846. The van der Waals surface area contributed by atoms with E-state index in [9.17, 15) is 0 Å². The van der Waals surface area contributed by atoms with Crippen LogP contribution in [-0.2, 0) is 13.6 Å². The third-order valence-electron chi connectivity index (χ3n) is 2.42. The molecule has 1 aromatic heterocycles. The van der Waals surface area contributed by atoms with Gasteiger partial charge in [0, 0.05) is 31.4 Å². The molecule has 0 unspecified atom stereocenters. The molecule has 0 fully saturated rings. The highest BCUT2D eigenvalue weighted by Crippen LogP contribution is 2.09. The normalized spacial score (nSPS) is 11.2. The van der Waals surface area contributed by atoms with Crippen molar-refractivity contribution in [2.45, 2.75) is 39.3 Å². The summed E-state index contributed by atoms with van der Waals surface area (Å²) < 4.78 is 2.97. The topological polar surface area (TPSA) is 29.9 Å². The zero-order valence-corrected chi connectivity index (χ0v) is 11.2. The van der Waals surface area contributed by atoms with E-state index in [1.807, 2.05) is 11.7 Å². The van der Waals surface area contributed by atoms with Crippen LogP contribution in [0.5, 0.6) is 0 Å². The summed E-state index contributed by atoms with van der Waals surface area (Å²) in [5, 5.41) is 7.84. The van der Waals surface area contributed by atoms with Gasteiger partial charge in [0.05, 0.1) is 0 Å². The van der Waals surface area contributed by atoms with Crippen molar-refractivity contribution in [3.05, 3.63) is 15.5 Å². The number of hydrogen-bond donors (Lipinski definition) is 1. The van der Waals surface area contributed by atoms with Gasteiger partial charge in [-0.05, 0) is 35.4 Å². The second-order valence-corrected chi connectivity index (χ2v) is 4.53. The lowest BCUT2D eigenvalue weighted by atomic mass is 10.1. The maximum Gasteiger partial charge on any atom is 0.127 e. The summed E-state index contributed by atoms with van der Waals surface area (Å²) in [6, 6.07) is 0.631. The van der Waals surface area contributed by atoms with Crippen LogP contribution in [0.3, 0.4) is 0 Å². The Bertz CT molecular complexity index is 279. The summed E-state index contributed by atoms with van der Waals surface area (Å²) in [6.45, 7) is 5.36. The molecule has 0 aliphatic heterocycles. The van der Waals surface area contributed by atoms with Crippen molar-refractivity contribution >= 4 is 22.6 Å². The molecule has 4 heteroatoms. The summed E-state index contributed by atoms with van der Waals surface area (Å²) >= 11 is 2.28. The molecule has 0 amide bonds. The molecule has 1 rings (SSSR count). The lowest BCUT2D eigenvalue weighted by molar-refractivity contribution is 0.483. The average Bonchev–Trinajstić information content (AvgIpc) is 2.47. The fourth-order valence-electron chi connectivity index (χ4n) is 1.46. The van der Waals surface area contributed by atoms with Crippen molar-refractivity contribution in [1.82, 2.24) is 15.1 Å². The number of rotatable bonds is 5.